The average molecular weight is 393 g/mol. The van der Waals surface area contributed by atoms with Gasteiger partial charge in [0.2, 0.25) is 0 Å². The summed E-state index contributed by atoms with van der Waals surface area (Å²) in [4.78, 5) is 24.4. The van der Waals surface area contributed by atoms with Crippen molar-refractivity contribution in [1.82, 2.24) is 0 Å². The third-order valence-electron chi connectivity index (χ3n) is 3.78. The lowest BCUT2D eigenvalue weighted by Gasteiger charge is -2.13. The normalized spacial score (nSPS) is 10.2. The van der Waals surface area contributed by atoms with Gasteiger partial charge < -0.3 is 20.1 Å². The number of carbonyl (C=O) groups excluding carboxylic acids is 2. The fourth-order valence-corrected chi connectivity index (χ4v) is 3.76. The molecule has 0 saturated heterocycles. The molecule has 0 unspecified atom stereocenters. The molecule has 0 bridgehead atoms. The van der Waals surface area contributed by atoms with Crippen molar-refractivity contribution in [3.8, 4) is 0 Å². The van der Waals surface area contributed by atoms with Crippen molar-refractivity contribution in [2.75, 3.05) is 24.9 Å². The van der Waals surface area contributed by atoms with Gasteiger partial charge in [-0.05, 0) is 55.7 Å². The van der Waals surface area contributed by atoms with Gasteiger partial charge in [0.15, 0.2) is 5.11 Å². The zero-order valence-electron chi connectivity index (χ0n) is 15.2. The fourth-order valence-electron chi connectivity index (χ4n) is 2.36. The second-order valence-corrected chi connectivity index (χ2v) is 7.07. The Balaban J connectivity index is 2.32. The van der Waals surface area contributed by atoms with Gasteiger partial charge in [-0.2, -0.15) is 0 Å². The number of benzene rings is 1. The Hall–Kier alpha value is -2.45. The maximum atomic E-state index is 12.1. The van der Waals surface area contributed by atoms with Crippen LogP contribution in [0.2, 0.25) is 0 Å². The van der Waals surface area contributed by atoms with Gasteiger partial charge >= 0.3 is 11.9 Å². The number of rotatable bonds is 4. The SMILES string of the molecule is COC(=O)c1sc(NC(=S)Nc2cc(C)ccc2C)c(C(=O)OC)c1C. The molecule has 0 atom stereocenters. The Morgan fingerprint density at radius 3 is 2.31 bits per heavy atom. The number of hydrogen-bond acceptors (Lipinski definition) is 6. The number of esters is 2. The first-order chi connectivity index (χ1) is 12.3. The van der Waals surface area contributed by atoms with Gasteiger partial charge in [0.25, 0.3) is 0 Å². The molecule has 2 rings (SSSR count). The van der Waals surface area contributed by atoms with Crippen molar-refractivity contribution >= 4 is 51.3 Å². The molecule has 0 amide bonds. The van der Waals surface area contributed by atoms with Crippen LogP contribution in [0.25, 0.3) is 0 Å². The van der Waals surface area contributed by atoms with E-state index in [2.05, 4.69) is 10.6 Å². The summed E-state index contributed by atoms with van der Waals surface area (Å²) in [6.07, 6.45) is 0. The number of ether oxygens (including phenoxy) is 2. The second kappa shape index (κ2) is 8.29. The number of nitrogens with one attached hydrogen (secondary N) is 2. The lowest BCUT2D eigenvalue weighted by molar-refractivity contribution is 0.0601. The number of hydrogen-bond donors (Lipinski definition) is 2. The molecule has 0 saturated carbocycles. The van der Waals surface area contributed by atoms with Crippen molar-refractivity contribution in [2.45, 2.75) is 20.8 Å². The molecule has 26 heavy (non-hydrogen) atoms. The molecule has 138 valence electrons. The molecule has 0 spiro atoms. The number of aryl methyl sites for hydroxylation is 2. The lowest BCUT2D eigenvalue weighted by atomic mass is 10.1. The summed E-state index contributed by atoms with van der Waals surface area (Å²) >= 11 is 6.46. The minimum absolute atomic E-state index is 0.267. The standard InChI is InChI=1S/C18H20N2O4S2/c1-9-6-7-10(2)12(8-9)19-18(25)20-15-13(16(21)23-4)11(3)14(26-15)17(22)24-5/h6-8H,1-5H3,(H2,19,20,25). The Morgan fingerprint density at radius 1 is 1.04 bits per heavy atom. The molecule has 1 aromatic carbocycles. The van der Waals surface area contributed by atoms with Crippen LogP contribution in [-0.2, 0) is 9.47 Å². The van der Waals surface area contributed by atoms with Crippen LogP contribution in [0.5, 0.6) is 0 Å². The van der Waals surface area contributed by atoms with E-state index >= 15 is 0 Å². The summed E-state index contributed by atoms with van der Waals surface area (Å²) in [6, 6.07) is 5.98. The molecule has 6 nitrogen and oxygen atoms in total. The maximum absolute atomic E-state index is 12.1. The van der Waals surface area contributed by atoms with Crippen molar-refractivity contribution in [3.05, 3.63) is 45.3 Å². The molecule has 0 aliphatic heterocycles. The van der Waals surface area contributed by atoms with Gasteiger partial charge in [-0.1, -0.05) is 12.1 Å². The van der Waals surface area contributed by atoms with E-state index in [-0.39, 0.29) is 5.56 Å². The van der Waals surface area contributed by atoms with E-state index in [4.69, 9.17) is 21.7 Å². The summed E-state index contributed by atoms with van der Waals surface area (Å²) in [6.45, 7) is 5.62. The van der Waals surface area contributed by atoms with Gasteiger partial charge in [-0.3, -0.25) is 0 Å². The van der Waals surface area contributed by atoms with E-state index in [9.17, 15) is 9.59 Å². The fraction of sp³-hybridized carbons (Fsp3) is 0.278. The molecule has 0 radical (unpaired) electrons. The molecule has 8 heteroatoms. The van der Waals surface area contributed by atoms with E-state index in [1.807, 2.05) is 32.0 Å². The quantitative estimate of drug-likeness (QED) is 0.600. The van der Waals surface area contributed by atoms with Gasteiger partial charge in [-0.15, -0.1) is 11.3 Å². The van der Waals surface area contributed by atoms with Crippen molar-refractivity contribution in [3.63, 3.8) is 0 Å². The minimum Gasteiger partial charge on any atom is -0.465 e. The number of anilines is 2. The maximum Gasteiger partial charge on any atom is 0.348 e. The summed E-state index contributed by atoms with van der Waals surface area (Å²) in [7, 11) is 2.58. The van der Waals surface area contributed by atoms with Crippen LogP contribution >= 0.6 is 23.6 Å². The van der Waals surface area contributed by atoms with E-state index in [1.165, 1.54) is 14.2 Å². The van der Waals surface area contributed by atoms with Crippen LogP contribution in [-0.4, -0.2) is 31.3 Å². The summed E-state index contributed by atoms with van der Waals surface area (Å²) in [5, 5.41) is 6.84. The topological polar surface area (TPSA) is 76.7 Å². The highest BCUT2D eigenvalue weighted by Crippen LogP contribution is 2.34. The molecule has 2 aromatic rings. The average Bonchev–Trinajstić information content (AvgIpc) is 2.92. The van der Waals surface area contributed by atoms with Gasteiger partial charge in [0, 0.05) is 5.69 Å². The van der Waals surface area contributed by atoms with Gasteiger partial charge in [0.1, 0.15) is 9.88 Å². The molecule has 1 aromatic heterocycles. The molecule has 2 N–H and O–H groups in total. The number of thiocarbonyl (C=S) groups is 1. The highest BCUT2D eigenvalue weighted by atomic mass is 32.1. The summed E-state index contributed by atoms with van der Waals surface area (Å²) < 4.78 is 9.60. The van der Waals surface area contributed by atoms with Crippen LogP contribution in [0.4, 0.5) is 10.7 Å². The minimum atomic E-state index is -0.550. The van der Waals surface area contributed by atoms with E-state index in [1.54, 1.807) is 6.92 Å². The molecule has 0 aliphatic rings. The largest absolute Gasteiger partial charge is 0.465 e. The monoisotopic (exact) mass is 392 g/mol. The summed E-state index contributed by atoms with van der Waals surface area (Å²) in [5.74, 6) is -1.06. The van der Waals surface area contributed by atoms with Crippen LogP contribution in [0.15, 0.2) is 18.2 Å². The lowest BCUT2D eigenvalue weighted by Crippen LogP contribution is -2.20. The number of thiophene rings is 1. The highest BCUT2D eigenvalue weighted by Gasteiger charge is 2.26. The van der Waals surface area contributed by atoms with E-state index in [0.717, 1.165) is 28.2 Å². The molecule has 0 fully saturated rings. The predicted molar refractivity (Wildman–Crippen MR) is 107 cm³/mol. The van der Waals surface area contributed by atoms with Crippen molar-refractivity contribution < 1.29 is 19.1 Å². The van der Waals surface area contributed by atoms with Crippen molar-refractivity contribution in [2.24, 2.45) is 0 Å². The van der Waals surface area contributed by atoms with E-state index < -0.39 is 11.9 Å². The Labute approximate surface area is 161 Å². The van der Waals surface area contributed by atoms with E-state index in [0.29, 0.717) is 20.6 Å². The third kappa shape index (κ3) is 4.20. The third-order valence-corrected chi connectivity index (χ3v) is 5.17. The number of methoxy groups -OCH3 is 2. The predicted octanol–water partition coefficient (Wildman–Crippen LogP) is 4.06. The Kier molecular flexibility index (Phi) is 6.33. The number of carbonyl (C=O) groups is 2. The summed E-state index contributed by atoms with van der Waals surface area (Å²) in [5.41, 5.74) is 3.75. The van der Waals surface area contributed by atoms with Crippen LogP contribution in [0.3, 0.4) is 0 Å². The zero-order valence-corrected chi connectivity index (χ0v) is 16.8. The zero-order chi connectivity index (χ0) is 19.4. The first-order valence-corrected chi connectivity index (χ1v) is 8.96. The molecular formula is C18H20N2O4S2. The first-order valence-electron chi connectivity index (χ1n) is 7.73. The van der Waals surface area contributed by atoms with Crippen LogP contribution < -0.4 is 10.6 Å². The highest BCUT2D eigenvalue weighted by molar-refractivity contribution is 7.80. The molecule has 0 aliphatic carbocycles. The van der Waals surface area contributed by atoms with Crippen molar-refractivity contribution in [1.29, 1.82) is 0 Å². The Morgan fingerprint density at radius 2 is 1.69 bits per heavy atom. The molecular weight excluding hydrogens is 372 g/mol. The van der Waals surface area contributed by atoms with Gasteiger partial charge in [0.05, 0.1) is 19.8 Å². The second-order valence-electron chi connectivity index (χ2n) is 5.64. The Bertz CT molecular complexity index is 874. The molecule has 1 heterocycles. The van der Waals surface area contributed by atoms with Crippen LogP contribution in [0.1, 0.15) is 36.7 Å². The van der Waals surface area contributed by atoms with Gasteiger partial charge in [-0.25, -0.2) is 9.59 Å². The first kappa shape index (κ1) is 19.9. The smallest absolute Gasteiger partial charge is 0.348 e. The van der Waals surface area contributed by atoms with Crippen LogP contribution in [0, 0.1) is 20.8 Å².